The molecule has 1 aliphatic carbocycles. The highest BCUT2D eigenvalue weighted by molar-refractivity contribution is 4.94. The Bertz CT molecular complexity index is 255. The van der Waals surface area contributed by atoms with Gasteiger partial charge in [-0.2, -0.15) is 0 Å². The van der Waals surface area contributed by atoms with Crippen molar-refractivity contribution < 1.29 is 5.11 Å². The number of nitrogens with zero attached hydrogens (tertiary/aromatic N) is 1. The van der Waals surface area contributed by atoms with Gasteiger partial charge in [-0.3, -0.25) is 0 Å². The smallest absolute Gasteiger partial charge is 0.0499 e. The summed E-state index contributed by atoms with van der Waals surface area (Å²) in [5, 5.41) is 13.4. The molecule has 98 valence electrons. The van der Waals surface area contributed by atoms with Crippen molar-refractivity contribution in [2.24, 2.45) is 11.3 Å². The number of rotatable bonds is 4. The molecule has 2 bridgehead atoms. The molecule has 3 heterocycles. The summed E-state index contributed by atoms with van der Waals surface area (Å²) in [6, 6.07) is 0.696. The lowest BCUT2D eigenvalue weighted by Gasteiger charge is -2.46. The number of fused-ring (bicyclic) bond motifs is 3. The fourth-order valence-electron chi connectivity index (χ4n) is 4.06. The van der Waals surface area contributed by atoms with Gasteiger partial charge < -0.3 is 15.3 Å². The molecule has 0 radical (unpaired) electrons. The molecule has 3 heteroatoms. The molecule has 3 saturated heterocycles. The molecular formula is C14H26N2O. The third-order valence-electron chi connectivity index (χ3n) is 5.40. The van der Waals surface area contributed by atoms with E-state index in [4.69, 9.17) is 0 Å². The van der Waals surface area contributed by atoms with E-state index in [2.05, 4.69) is 10.2 Å². The fraction of sp³-hybridized carbons (Fsp3) is 1.00. The summed E-state index contributed by atoms with van der Waals surface area (Å²) in [6.07, 6.45) is 7.81. The molecule has 3 nitrogen and oxygen atoms in total. The van der Waals surface area contributed by atoms with Gasteiger partial charge in [-0.1, -0.05) is 12.8 Å². The van der Waals surface area contributed by atoms with Crippen LogP contribution in [-0.4, -0.2) is 48.8 Å². The number of hydrogen-bond donors (Lipinski definition) is 2. The van der Waals surface area contributed by atoms with Gasteiger partial charge in [0.15, 0.2) is 0 Å². The summed E-state index contributed by atoms with van der Waals surface area (Å²) < 4.78 is 0. The molecule has 4 fully saturated rings. The molecule has 0 aromatic heterocycles. The molecule has 0 amide bonds. The van der Waals surface area contributed by atoms with E-state index in [-0.39, 0.29) is 5.41 Å². The maximum atomic E-state index is 9.63. The summed E-state index contributed by atoms with van der Waals surface area (Å²) in [4.78, 5) is 2.60. The minimum atomic E-state index is 0.214. The Balaban J connectivity index is 1.53. The van der Waals surface area contributed by atoms with E-state index in [0.717, 1.165) is 12.5 Å². The van der Waals surface area contributed by atoms with Gasteiger partial charge >= 0.3 is 0 Å². The zero-order chi connectivity index (χ0) is 11.7. The molecule has 17 heavy (non-hydrogen) atoms. The topological polar surface area (TPSA) is 35.5 Å². The lowest BCUT2D eigenvalue weighted by molar-refractivity contribution is 0.0570. The van der Waals surface area contributed by atoms with Crippen molar-refractivity contribution in [3.05, 3.63) is 0 Å². The van der Waals surface area contributed by atoms with E-state index in [0.29, 0.717) is 12.6 Å². The number of aliphatic hydroxyl groups excluding tert-OH is 1. The third-order valence-corrected chi connectivity index (χ3v) is 5.40. The first-order valence-electron chi connectivity index (χ1n) is 7.38. The van der Waals surface area contributed by atoms with Crippen LogP contribution in [0.1, 0.15) is 38.5 Å². The van der Waals surface area contributed by atoms with Crippen LogP contribution in [0.5, 0.6) is 0 Å². The van der Waals surface area contributed by atoms with Crippen molar-refractivity contribution in [2.75, 3.05) is 32.8 Å². The molecule has 1 atom stereocenters. The Labute approximate surface area is 105 Å². The van der Waals surface area contributed by atoms with E-state index in [1.807, 2.05) is 0 Å². The van der Waals surface area contributed by atoms with Crippen molar-refractivity contribution in [3.63, 3.8) is 0 Å². The first kappa shape index (κ1) is 11.9. The lowest BCUT2D eigenvalue weighted by atomic mass is 9.82. The van der Waals surface area contributed by atoms with E-state index >= 15 is 0 Å². The summed E-state index contributed by atoms with van der Waals surface area (Å²) >= 11 is 0. The highest BCUT2D eigenvalue weighted by atomic mass is 16.3. The van der Waals surface area contributed by atoms with Gasteiger partial charge in [0.1, 0.15) is 0 Å². The van der Waals surface area contributed by atoms with E-state index < -0.39 is 0 Å². The van der Waals surface area contributed by atoms with Crippen LogP contribution in [0.15, 0.2) is 0 Å². The van der Waals surface area contributed by atoms with Crippen molar-refractivity contribution in [2.45, 2.75) is 44.6 Å². The van der Waals surface area contributed by atoms with Crippen LogP contribution in [0.4, 0.5) is 0 Å². The minimum Gasteiger partial charge on any atom is -0.396 e. The van der Waals surface area contributed by atoms with Gasteiger partial charge in [0.2, 0.25) is 0 Å². The van der Waals surface area contributed by atoms with Crippen LogP contribution in [0.25, 0.3) is 0 Å². The molecule has 3 aliphatic heterocycles. The zero-order valence-electron chi connectivity index (χ0n) is 10.8. The standard InChI is InChI=1S/C14H26N2O/c17-11-14(5-1-2-6-14)10-15-13-9-16-7-3-12(13)4-8-16/h12-13,15,17H,1-11H2. The van der Waals surface area contributed by atoms with Crippen molar-refractivity contribution >= 4 is 0 Å². The molecule has 1 saturated carbocycles. The largest absolute Gasteiger partial charge is 0.396 e. The summed E-state index contributed by atoms with van der Waals surface area (Å²) in [6.45, 7) is 5.29. The fourth-order valence-corrected chi connectivity index (χ4v) is 4.06. The molecule has 2 N–H and O–H groups in total. The summed E-state index contributed by atoms with van der Waals surface area (Å²) in [5.74, 6) is 0.900. The number of piperidine rings is 3. The van der Waals surface area contributed by atoms with E-state index in [1.165, 1.54) is 58.2 Å². The Morgan fingerprint density at radius 2 is 1.88 bits per heavy atom. The first-order valence-corrected chi connectivity index (χ1v) is 7.38. The van der Waals surface area contributed by atoms with Gasteiger partial charge in [-0.25, -0.2) is 0 Å². The summed E-state index contributed by atoms with van der Waals surface area (Å²) in [5.41, 5.74) is 0.214. The average Bonchev–Trinajstić information content (AvgIpc) is 2.87. The average molecular weight is 238 g/mol. The van der Waals surface area contributed by atoms with Gasteiger partial charge in [-0.05, 0) is 44.7 Å². The summed E-state index contributed by atoms with van der Waals surface area (Å²) in [7, 11) is 0. The van der Waals surface area contributed by atoms with Crippen molar-refractivity contribution in [1.29, 1.82) is 0 Å². The molecule has 4 rings (SSSR count). The third kappa shape index (κ3) is 2.38. The Morgan fingerprint density at radius 3 is 2.41 bits per heavy atom. The van der Waals surface area contributed by atoms with Crippen molar-refractivity contribution in [1.82, 2.24) is 10.2 Å². The zero-order valence-corrected chi connectivity index (χ0v) is 10.8. The maximum absolute atomic E-state index is 9.63. The molecule has 0 aromatic rings. The van der Waals surface area contributed by atoms with E-state index in [1.54, 1.807) is 0 Å². The Kier molecular flexibility index (Phi) is 3.42. The van der Waals surface area contributed by atoms with Crippen molar-refractivity contribution in [3.8, 4) is 0 Å². The maximum Gasteiger partial charge on any atom is 0.0499 e. The molecule has 0 aromatic carbocycles. The number of nitrogens with one attached hydrogen (secondary N) is 1. The van der Waals surface area contributed by atoms with Crippen LogP contribution < -0.4 is 5.32 Å². The van der Waals surface area contributed by atoms with Crippen LogP contribution in [0, 0.1) is 11.3 Å². The minimum absolute atomic E-state index is 0.214. The quantitative estimate of drug-likeness (QED) is 0.773. The van der Waals surface area contributed by atoms with Gasteiger partial charge in [-0.15, -0.1) is 0 Å². The highest BCUT2D eigenvalue weighted by Crippen LogP contribution is 2.37. The van der Waals surface area contributed by atoms with Gasteiger partial charge in [0.05, 0.1) is 0 Å². The second-order valence-electron chi connectivity index (χ2n) is 6.49. The normalized spacial score (nSPS) is 39.7. The van der Waals surface area contributed by atoms with Crippen LogP contribution in [0.3, 0.4) is 0 Å². The van der Waals surface area contributed by atoms with E-state index in [9.17, 15) is 5.11 Å². The van der Waals surface area contributed by atoms with Crippen LogP contribution in [-0.2, 0) is 0 Å². The molecule has 1 unspecified atom stereocenters. The second kappa shape index (κ2) is 4.87. The number of hydrogen-bond acceptors (Lipinski definition) is 3. The monoisotopic (exact) mass is 238 g/mol. The first-order chi connectivity index (χ1) is 8.31. The highest BCUT2D eigenvalue weighted by Gasteiger charge is 2.37. The van der Waals surface area contributed by atoms with Gasteiger partial charge in [0.25, 0.3) is 0 Å². The molecule has 0 spiro atoms. The Morgan fingerprint density at radius 1 is 1.18 bits per heavy atom. The predicted molar refractivity (Wildman–Crippen MR) is 68.9 cm³/mol. The number of aliphatic hydroxyl groups is 1. The van der Waals surface area contributed by atoms with Crippen LogP contribution >= 0.6 is 0 Å². The second-order valence-corrected chi connectivity index (χ2v) is 6.49. The Hall–Kier alpha value is -0.120. The van der Waals surface area contributed by atoms with Gasteiger partial charge in [0, 0.05) is 31.2 Å². The predicted octanol–water partition coefficient (Wildman–Crippen LogP) is 1.22. The molecule has 4 aliphatic rings. The SMILES string of the molecule is OCC1(CNC2CN3CCC2CC3)CCCC1. The lowest BCUT2D eigenvalue weighted by Crippen LogP contribution is -2.57. The molecular weight excluding hydrogens is 212 g/mol. The van der Waals surface area contributed by atoms with Crippen LogP contribution in [0.2, 0.25) is 0 Å².